The highest BCUT2D eigenvalue weighted by atomic mass is 35.5. The van der Waals surface area contributed by atoms with Crippen LogP contribution >= 0.6 is 11.6 Å². The molecular formula is C24H24ClN3O3S. The number of nitrogens with zero attached hydrogens (tertiary/aromatic N) is 2. The Morgan fingerprint density at radius 2 is 1.66 bits per heavy atom. The van der Waals surface area contributed by atoms with Gasteiger partial charge in [0, 0.05) is 10.6 Å². The molecule has 0 saturated heterocycles. The number of hydrogen-bond donors (Lipinski definition) is 1. The van der Waals surface area contributed by atoms with Crippen molar-refractivity contribution >= 4 is 39.4 Å². The average molecular weight is 470 g/mol. The van der Waals surface area contributed by atoms with Crippen molar-refractivity contribution in [3.8, 4) is 0 Å². The molecule has 6 nitrogen and oxygen atoms in total. The van der Waals surface area contributed by atoms with E-state index in [4.69, 9.17) is 11.6 Å². The van der Waals surface area contributed by atoms with Crippen LogP contribution in [-0.2, 0) is 14.8 Å². The Morgan fingerprint density at radius 3 is 2.34 bits per heavy atom. The van der Waals surface area contributed by atoms with E-state index in [2.05, 4.69) is 10.5 Å². The Kier molecular flexibility index (Phi) is 7.33. The first-order chi connectivity index (χ1) is 15.2. The molecule has 3 aromatic carbocycles. The van der Waals surface area contributed by atoms with Gasteiger partial charge >= 0.3 is 0 Å². The van der Waals surface area contributed by atoms with Crippen molar-refractivity contribution in [2.45, 2.75) is 25.7 Å². The molecule has 3 rings (SSSR count). The highest BCUT2D eigenvalue weighted by Gasteiger charge is 2.28. The molecule has 166 valence electrons. The Morgan fingerprint density at radius 1 is 1.00 bits per heavy atom. The molecule has 0 radical (unpaired) electrons. The summed E-state index contributed by atoms with van der Waals surface area (Å²) in [6.07, 6.45) is 1.41. The summed E-state index contributed by atoms with van der Waals surface area (Å²) in [5, 5.41) is 4.42. The van der Waals surface area contributed by atoms with Crippen LogP contribution in [0.5, 0.6) is 0 Å². The van der Waals surface area contributed by atoms with E-state index in [0.29, 0.717) is 16.3 Å². The first-order valence-electron chi connectivity index (χ1n) is 9.91. The van der Waals surface area contributed by atoms with Crippen LogP contribution in [0.25, 0.3) is 0 Å². The minimum atomic E-state index is -3.99. The van der Waals surface area contributed by atoms with Gasteiger partial charge in [-0.1, -0.05) is 59.6 Å². The number of carbonyl (C=O) groups excluding carboxylic acids is 1. The molecule has 8 heteroatoms. The third-order valence-corrected chi connectivity index (χ3v) is 6.95. The minimum absolute atomic E-state index is 0.108. The van der Waals surface area contributed by atoms with E-state index < -0.39 is 22.5 Å². The standard InChI is InChI=1S/C24H24ClN3O3S/c1-17-9-12-21(13-10-17)32(30,31)28(23-14-18(2)8-11-19(23)3)16-24(29)27-26-15-20-6-4-5-7-22(20)25/h4-15H,16H2,1-3H3,(H,27,29)/b26-15+. The maximum Gasteiger partial charge on any atom is 0.264 e. The second kappa shape index (κ2) is 9.97. The van der Waals surface area contributed by atoms with E-state index in [1.165, 1.54) is 18.3 Å². The van der Waals surface area contributed by atoms with E-state index in [1.54, 1.807) is 49.4 Å². The highest BCUT2D eigenvalue weighted by molar-refractivity contribution is 7.92. The average Bonchev–Trinajstić information content (AvgIpc) is 2.75. The van der Waals surface area contributed by atoms with Crippen LogP contribution in [0.3, 0.4) is 0 Å². The molecule has 0 spiro atoms. The van der Waals surface area contributed by atoms with E-state index in [0.717, 1.165) is 21.0 Å². The summed E-state index contributed by atoms with van der Waals surface area (Å²) in [4.78, 5) is 12.8. The Labute approximate surface area is 193 Å². The normalized spacial score (nSPS) is 11.5. The predicted octanol–water partition coefficient (Wildman–Crippen LogP) is 4.61. The maximum absolute atomic E-state index is 13.5. The molecule has 0 unspecified atom stereocenters. The number of anilines is 1. The van der Waals surface area contributed by atoms with Crippen LogP contribution < -0.4 is 9.73 Å². The van der Waals surface area contributed by atoms with Crippen molar-refractivity contribution < 1.29 is 13.2 Å². The number of hydrogen-bond acceptors (Lipinski definition) is 4. The number of rotatable bonds is 7. The molecule has 0 atom stereocenters. The van der Waals surface area contributed by atoms with Gasteiger partial charge in [0.05, 0.1) is 16.8 Å². The number of halogens is 1. The molecule has 0 aromatic heterocycles. The fraction of sp³-hybridized carbons (Fsp3) is 0.167. The first kappa shape index (κ1) is 23.5. The zero-order valence-electron chi connectivity index (χ0n) is 18.0. The summed E-state index contributed by atoms with van der Waals surface area (Å²) in [7, 11) is -3.99. The molecule has 0 bridgehead atoms. The molecule has 0 heterocycles. The summed E-state index contributed by atoms with van der Waals surface area (Å²) < 4.78 is 28.1. The Hall–Kier alpha value is -3.16. The van der Waals surface area contributed by atoms with Gasteiger partial charge in [0.2, 0.25) is 0 Å². The van der Waals surface area contributed by atoms with Gasteiger partial charge in [0.1, 0.15) is 6.54 Å². The van der Waals surface area contributed by atoms with Crippen LogP contribution in [0.4, 0.5) is 5.69 Å². The lowest BCUT2D eigenvalue weighted by molar-refractivity contribution is -0.119. The fourth-order valence-electron chi connectivity index (χ4n) is 3.04. The SMILES string of the molecule is Cc1ccc(S(=O)(=O)N(CC(=O)N/N=C/c2ccccc2Cl)c2cc(C)ccc2C)cc1. The zero-order valence-corrected chi connectivity index (χ0v) is 19.6. The van der Waals surface area contributed by atoms with Crippen LogP contribution in [0.2, 0.25) is 5.02 Å². The number of sulfonamides is 1. The van der Waals surface area contributed by atoms with Gasteiger partial charge in [-0.2, -0.15) is 5.10 Å². The van der Waals surface area contributed by atoms with E-state index >= 15 is 0 Å². The number of benzene rings is 3. The van der Waals surface area contributed by atoms with Gasteiger partial charge in [-0.15, -0.1) is 0 Å². The molecule has 0 aliphatic rings. The Bertz CT molecular complexity index is 1260. The number of aryl methyl sites for hydroxylation is 3. The lowest BCUT2D eigenvalue weighted by Gasteiger charge is -2.25. The molecule has 1 N–H and O–H groups in total. The van der Waals surface area contributed by atoms with Gasteiger partial charge in [-0.05, 0) is 56.2 Å². The Balaban J connectivity index is 1.91. The largest absolute Gasteiger partial charge is 0.271 e. The lowest BCUT2D eigenvalue weighted by atomic mass is 10.1. The fourth-order valence-corrected chi connectivity index (χ4v) is 4.71. The quantitative estimate of drug-likeness (QED) is 0.405. The van der Waals surface area contributed by atoms with Gasteiger partial charge in [0.25, 0.3) is 15.9 Å². The topological polar surface area (TPSA) is 78.8 Å². The molecule has 0 aliphatic carbocycles. The van der Waals surface area contributed by atoms with E-state index in [-0.39, 0.29) is 4.90 Å². The maximum atomic E-state index is 13.5. The summed E-state index contributed by atoms with van der Waals surface area (Å²) in [5.41, 5.74) is 6.02. The van der Waals surface area contributed by atoms with E-state index in [1.807, 2.05) is 26.0 Å². The molecule has 1 amide bonds. The van der Waals surface area contributed by atoms with Crippen molar-refractivity contribution in [1.82, 2.24) is 5.43 Å². The number of nitrogens with one attached hydrogen (secondary N) is 1. The molecule has 3 aromatic rings. The highest BCUT2D eigenvalue weighted by Crippen LogP contribution is 2.28. The van der Waals surface area contributed by atoms with Crippen molar-refractivity contribution in [3.63, 3.8) is 0 Å². The first-order valence-corrected chi connectivity index (χ1v) is 11.7. The molecule has 32 heavy (non-hydrogen) atoms. The monoisotopic (exact) mass is 469 g/mol. The van der Waals surface area contributed by atoms with Crippen LogP contribution in [-0.4, -0.2) is 27.1 Å². The van der Waals surface area contributed by atoms with Gasteiger partial charge < -0.3 is 0 Å². The van der Waals surface area contributed by atoms with E-state index in [9.17, 15) is 13.2 Å². The van der Waals surface area contributed by atoms with Crippen molar-refractivity contribution in [3.05, 3.63) is 94.0 Å². The van der Waals surface area contributed by atoms with Crippen LogP contribution in [0, 0.1) is 20.8 Å². The lowest BCUT2D eigenvalue weighted by Crippen LogP contribution is -2.40. The molecule has 0 saturated carbocycles. The van der Waals surface area contributed by atoms with Crippen molar-refractivity contribution in [2.75, 3.05) is 10.8 Å². The summed E-state index contributed by atoms with van der Waals surface area (Å²) in [6.45, 7) is 5.12. The third-order valence-electron chi connectivity index (χ3n) is 4.83. The van der Waals surface area contributed by atoms with Gasteiger partial charge in [-0.25, -0.2) is 13.8 Å². The summed E-state index contributed by atoms with van der Waals surface area (Å²) in [5.74, 6) is -0.579. The molecular weight excluding hydrogens is 446 g/mol. The summed E-state index contributed by atoms with van der Waals surface area (Å²) >= 11 is 6.08. The second-order valence-corrected chi connectivity index (χ2v) is 9.70. The summed E-state index contributed by atoms with van der Waals surface area (Å²) in [6, 6.07) is 19.0. The second-order valence-electron chi connectivity index (χ2n) is 7.43. The zero-order chi connectivity index (χ0) is 23.3. The van der Waals surface area contributed by atoms with Crippen molar-refractivity contribution in [2.24, 2.45) is 5.10 Å². The number of amides is 1. The molecule has 0 aliphatic heterocycles. The van der Waals surface area contributed by atoms with Crippen LogP contribution in [0.1, 0.15) is 22.3 Å². The molecule has 0 fully saturated rings. The smallest absolute Gasteiger partial charge is 0.264 e. The predicted molar refractivity (Wildman–Crippen MR) is 129 cm³/mol. The van der Waals surface area contributed by atoms with Gasteiger partial charge in [0.15, 0.2) is 0 Å². The third kappa shape index (κ3) is 5.55. The number of hydrazone groups is 1. The van der Waals surface area contributed by atoms with Crippen LogP contribution in [0.15, 0.2) is 76.7 Å². The minimum Gasteiger partial charge on any atom is -0.271 e. The van der Waals surface area contributed by atoms with Crippen molar-refractivity contribution in [1.29, 1.82) is 0 Å². The number of carbonyl (C=O) groups is 1. The van der Waals surface area contributed by atoms with Gasteiger partial charge in [-0.3, -0.25) is 9.10 Å².